The summed E-state index contributed by atoms with van der Waals surface area (Å²) in [6.07, 6.45) is 1.91. The summed E-state index contributed by atoms with van der Waals surface area (Å²) in [7, 11) is 0. The molecule has 0 aliphatic heterocycles. The number of thioether (sulfide) groups is 1. The van der Waals surface area contributed by atoms with E-state index in [1.807, 2.05) is 6.26 Å². The number of carbonyl (C=O) groups is 1. The van der Waals surface area contributed by atoms with Gasteiger partial charge in [-0.05, 0) is 47.9 Å². The number of anilines is 1. The van der Waals surface area contributed by atoms with E-state index < -0.39 is 0 Å². The van der Waals surface area contributed by atoms with Crippen LogP contribution >= 0.6 is 34.4 Å². The normalized spacial score (nSPS) is 10.1. The Morgan fingerprint density at radius 2 is 2.27 bits per heavy atom. The highest BCUT2D eigenvalue weighted by Crippen LogP contribution is 2.27. The van der Waals surface area contributed by atoms with Crippen LogP contribution in [0.15, 0.2) is 17.0 Å². The van der Waals surface area contributed by atoms with Gasteiger partial charge in [-0.2, -0.15) is 0 Å². The number of hydrogen-bond donors (Lipinski definition) is 1. The molecule has 3 nitrogen and oxygen atoms in total. The smallest absolute Gasteiger partial charge is 0.339 e. The number of nitrogens with two attached hydrogens (primary N) is 1. The second-order valence-electron chi connectivity index (χ2n) is 2.79. The molecule has 2 N–H and O–H groups in total. The Balaban J connectivity index is 3.15. The van der Waals surface area contributed by atoms with Gasteiger partial charge in [0.05, 0.1) is 12.2 Å². The Kier molecular flexibility index (Phi) is 4.72. The fourth-order valence-corrected chi connectivity index (χ4v) is 2.18. The molecule has 0 radical (unpaired) electrons. The maximum absolute atomic E-state index is 11.6. The zero-order chi connectivity index (χ0) is 11.4. The summed E-state index contributed by atoms with van der Waals surface area (Å²) in [6.45, 7) is 2.17. The van der Waals surface area contributed by atoms with E-state index in [9.17, 15) is 4.79 Å². The summed E-state index contributed by atoms with van der Waals surface area (Å²) in [4.78, 5) is 12.5. The molecule has 1 aromatic carbocycles. The molecule has 0 amide bonds. The van der Waals surface area contributed by atoms with Crippen molar-refractivity contribution in [2.75, 3.05) is 18.6 Å². The van der Waals surface area contributed by atoms with Gasteiger partial charge in [0.15, 0.2) is 0 Å². The van der Waals surface area contributed by atoms with Crippen molar-refractivity contribution in [3.05, 3.63) is 21.3 Å². The van der Waals surface area contributed by atoms with Gasteiger partial charge in [-0.1, -0.05) is 0 Å². The molecule has 0 spiro atoms. The molecular weight excluding hydrogens is 325 g/mol. The second-order valence-corrected chi connectivity index (χ2v) is 4.80. The van der Waals surface area contributed by atoms with Gasteiger partial charge in [0.1, 0.15) is 0 Å². The van der Waals surface area contributed by atoms with Crippen LogP contribution in [-0.4, -0.2) is 18.8 Å². The summed E-state index contributed by atoms with van der Waals surface area (Å²) < 4.78 is 5.84. The van der Waals surface area contributed by atoms with Crippen molar-refractivity contribution in [1.82, 2.24) is 0 Å². The van der Waals surface area contributed by atoms with Crippen molar-refractivity contribution < 1.29 is 9.53 Å². The Morgan fingerprint density at radius 1 is 1.60 bits per heavy atom. The molecule has 1 aromatic rings. The maximum atomic E-state index is 11.6. The zero-order valence-corrected chi connectivity index (χ0v) is 11.5. The molecule has 0 saturated carbocycles. The highest BCUT2D eigenvalue weighted by Gasteiger charge is 2.14. The van der Waals surface area contributed by atoms with E-state index in [1.165, 1.54) is 11.8 Å². The Labute approximate surface area is 107 Å². The van der Waals surface area contributed by atoms with Crippen LogP contribution in [0.25, 0.3) is 0 Å². The molecule has 15 heavy (non-hydrogen) atoms. The SMILES string of the molecule is CCOC(=O)c1cc(I)c(N)cc1SC. The van der Waals surface area contributed by atoms with E-state index in [2.05, 4.69) is 22.6 Å². The average molecular weight is 337 g/mol. The first kappa shape index (κ1) is 12.6. The number of benzene rings is 1. The number of rotatable bonds is 3. The minimum atomic E-state index is -0.292. The van der Waals surface area contributed by atoms with E-state index in [0.717, 1.165) is 8.47 Å². The predicted molar refractivity (Wildman–Crippen MR) is 71.3 cm³/mol. The zero-order valence-electron chi connectivity index (χ0n) is 8.54. The standard InChI is InChI=1S/C10H12INO2S/c1-3-14-10(13)6-4-7(11)8(12)5-9(6)15-2/h4-5H,3,12H2,1-2H3. The molecule has 0 atom stereocenters. The molecule has 82 valence electrons. The molecule has 0 bridgehead atoms. The summed E-state index contributed by atoms with van der Waals surface area (Å²) in [5.41, 5.74) is 7.04. The van der Waals surface area contributed by atoms with Crippen molar-refractivity contribution >= 4 is 46.0 Å². The fraction of sp³-hybridized carbons (Fsp3) is 0.300. The molecule has 0 heterocycles. The lowest BCUT2D eigenvalue weighted by molar-refractivity contribution is 0.0522. The third-order valence-corrected chi connectivity index (χ3v) is 3.53. The molecule has 0 aromatic heterocycles. The van der Waals surface area contributed by atoms with Crippen molar-refractivity contribution in [2.24, 2.45) is 0 Å². The predicted octanol–water partition coefficient (Wildman–Crippen LogP) is 2.77. The van der Waals surface area contributed by atoms with Crippen LogP contribution in [0, 0.1) is 3.57 Å². The molecule has 1 rings (SSSR count). The van der Waals surface area contributed by atoms with E-state index in [4.69, 9.17) is 10.5 Å². The van der Waals surface area contributed by atoms with Crippen LogP contribution in [0.2, 0.25) is 0 Å². The average Bonchev–Trinajstić information content (AvgIpc) is 2.21. The Hall–Kier alpha value is -0.430. The van der Waals surface area contributed by atoms with Crippen LogP contribution in [0.3, 0.4) is 0 Å². The summed E-state index contributed by atoms with van der Waals surface area (Å²) in [5.74, 6) is -0.292. The monoisotopic (exact) mass is 337 g/mol. The third-order valence-electron chi connectivity index (χ3n) is 1.81. The van der Waals surface area contributed by atoms with Gasteiger partial charge in [-0.3, -0.25) is 0 Å². The first-order valence-electron chi connectivity index (χ1n) is 4.40. The van der Waals surface area contributed by atoms with Crippen LogP contribution in [0.4, 0.5) is 5.69 Å². The lowest BCUT2D eigenvalue weighted by Crippen LogP contribution is -2.07. The summed E-state index contributed by atoms with van der Waals surface area (Å²) in [5, 5.41) is 0. The third kappa shape index (κ3) is 3.01. The summed E-state index contributed by atoms with van der Waals surface area (Å²) in [6, 6.07) is 3.57. The minimum Gasteiger partial charge on any atom is -0.462 e. The first-order chi connectivity index (χ1) is 7.10. The molecule has 0 aliphatic rings. The molecule has 0 saturated heterocycles. The van der Waals surface area contributed by atoms with Crippen LogP contribution in [0.1, 0.15) is 17.3 Å². The molecule has 5 heteroatoms. The highest BCUT2D eigenvalue weighted by atomic mass is 127. The molecule has 0 unspecified atom stereocenters. The first-order valence-corrected chi connectivity index (χ1v) is 6.70. The number of ether oxygens (including phenoxy) is 1. The van der Waals surface area contributed by atoms with Crippen LogP contribution < -0.4 is 5.73 Å². The van der Waals surface area contributed by atoms with Crippen molar-refractivity contribution in [3.63, 3.8) is 0 Å². The van der Waals surface area contributed by atoms with Crippen LogP contribution in [-0.2, 0) is 4.74 Å². The number of carbonyl (C=O) groups excluding carboxylic acids is 1. The minimum absolute atomic E-state index is 0.292. The van der Waals surface area contributed by atoms with Crippen molar-refractivity contribution in [2.45, 2.75) is 11.8 Å². The highest BCUT2D eigenvalue weighted by molar-refractivity contribution is 14.1. The Bertz CT molecular complexity index is 382. The van der Waals surface area contributed by atoms with Crippen molar-refractivity contribution in [1.29, 1.82) is 0 Å². The lowest BCUT2D eigenvalue weighted by atomic mass is 10.2. The topological polar surface area (TPSA) is 52.3 Å². The number of esters is 1. The van der Waals surface area contributed by atoms with Gasteiger partial charge in [-0.15, -0.1) is 11.8 Å². The van der Waals surface area contributed by atoms with Gasteiger partial charge in [0.2, 0.25) is 0 Å². The molecule has 0 fully saturated rings. The van der Waals surface area contributed by atoms with Gasteiger partial charge in [0, 0.05) is 14.2 Å². The number of halogens is 1. The Morgan fingerprint density at radius 3 is 2.80 bits per heavy atom. The number of hydrogen-bond acceptors (Lipinski definition) is 4. The maximum Gasteiger partial charge on any atom is 0.339 e. The van der Waals surface area contributed by atoms with E-state index >= 15 is 0 Å². The number of nitrogen functional groups attached to an aromatic ring is 1. The lowest BCUT2D eigenvalue weighted by Gasteiger charge is -2.09. The van der Waals surface area contributed by atoms with Gasteiger partial charge in [0.25, 0.3) is 0 Å². The van der Waals surface area contributed by atoms with Gasteiger partial charge in [-0.25, -0.2) is 4.79 Å². The largest absolute Gasteiger partial charge is 0.462 e. The molecular formula is C10H12INO2S. The van der Waals surface area contributed by atoms with Gasteiger partial charge >= 0.3 is 5.97 Å². The van der Waals surface area contributed by atoms with Gasteiger partial charge < -0.3 is 10.5 Å². The molecule has 0 aliphatic carbocycles. The van der Waals surface area contributed by atoms with Crippen LogP contribution in [0.5, 0.6) is 0 Å². The quantitative estimate of drug-likeness (QED) is 0.399. The van der Waals surface area contributed by atoms with E-state index in [-0.39, 0.29) is 5.97 Å². The van der Waals surface area contributed by atoms with E-state index in [1.54, 1.807) is 19.1 Å². The van der Waals surface area contributed by atoms with Crippen molar-refractivity contribution in [3.8, 4) is 0 Å². The van der Waals surface area contributed by atoms with E-state index in [0.29, 0.717) is 17.9 Å². The summed E-state index contributed by atoms with van der Waals surface area (Å²) >= 11 is 3.59. The fourth-order valence-electron chi connectivity index (χ4n) is 1.11. The second kappa shape index (κ2) is 5.60.